The largest absolute Gasteiger partial charge is 0.492 e. The van der Waals surface area contributed by atoms with Crippen molar-refractivity contribution in [1.29, 1.82) is 0 Å². The van der Waals surface area contributed by atoms with Crippen LogP contribution in [0, 0.1) is 0 Å². The summed E-state index contributed by atoms with van der Waals surface area (Å²) >= 11 is 0. The highest BCUT2D eigenvalue weighted by molar-refractivity contribution is 5.43. The van der Waals surface area contributed by atoms with Gasteiger partial charge in [0, 0.05) is 18.3 Å². The lowest BCUT2D eigenvalue weighted by Crippen LogP contribution is -2.20. The molecule has 3 nitrogen and oxygen atoms in total. The second-order valence-corrected chi connectivity index (χ2v) is 2.77. The van der Waals surface area contributed by atoms with Gasteiger partial charge in [0.2, 0.25) is 0 Å². The minimum atomic E-state index is 0.678. The van der Waals surface area contributed by atoms with Crippen molar-refractivity contribution in [3.05, 3.63) is 24.3 Å². The first-order valence-electron chi connectivity index (χ1n) is 4.52. The van der Waals surface area contributed by atoms with Crippen LogP contribution in [0.15, 0.2) is 24.3 Å². The second-order valence-electron chi connectivity index (χ2n) is 2.77. The molecule has 1 aromatic rings. The van der Waals surface area contributed by atoms with Crippen LogP contribution in [0.3, 0.4) is 0 Å². The van der Waals surface area contributed by atoms with E-state index >= 15 is 0 Å². The maximum Gasteiger partial charge on any atom is 0.121 e. The molecule has 3 N–H and O–H groups in total. The van der Waals surface area contributed by atoms with E-state index < -0.39 is 0 Å². The minimum Gasteiger partial charge on any atom is -0.492 e. The molecular formula is C10H16N2O. The monoisotopic (exact) mass is 180 g/mol. The Hall–Kier alpha value is -1.22. The van der Waals surface area contributed by atoms with Crippen LogP contribution in [0.2, 0.25) is 0 Å². The zero-order chi connectivity index (χ0) is 9.52. The summed E-state index contributed by atoms with van der Waals surface area (Å²) < 4.78 is 5.45. The van der Waals surface area contributed by atoms with Gasteiger partial charge in [0.25, 0.3) is 0 Å². The topological polar surface area (TPSA) is 47.3 Å². The molecule has 0 saturated carbocycles. The molecule has 0 aliphatic heterocycles. The maximum absolute atomic E-state index is 5.59. The number of nitrogen functional groups attached to an aromatic ring is 1. The van der Waals surface area contributed by atoms with Crippen molar-refractivity contribution in [3.63, 3.8) is 0 Å². The van der Waals surface area contributed by atoms with E-state index in [1.165, 1.54) is 0 Å². The number of likely N-dealkylation sites (N-methyl/N-ethyl adjacent to an activating group) is 1. The zero-order valence-corrected chi connectivity index (χ0v) is 7.92. The Balaban J connectivity index is 2.28. The average molecular weight is 180 g/mol. The molecule has 0 saturated heterocycles. The molecule has 0 atom stereocenters. The number of rotatable bonds is 5. The normalized spacial score (nSPS) is 9.92. The van der Waals surface area contributed by atoms with Crippen molar-refractivity contribution in [2.75, 3.05) is 25.4 Å². The van der Waals surface area contributed by atoms with Crippen molar-refractivity contribution in [1.82, 2.24) is 5.32 Å². The fraction of sp³-hybridized carbons (Fsp3) is 0.400. The van der Waals surface area contributed by atoms with E-state index in [1.807, 2.05) is 24.3 Å². The third-order valence-electron chi connectivity index (χ3n) is 1.66. The molecule has 0 aliphatic rings. The lowest BCUT2D eigenvalue weighted by Gasteiger charge is -2.06. The fourth-order valence-electron chi connectivity index (χ4n) is 1.02. The van der Waals surface area contributed by atoms with Gasteiger partial charge in [-0.05, 0) is 18.7 Å². The molecule has 3 heteroatoms. The number of ether oxygens (including phenoxy) is 1. The Kier molecular flexibility index (Phi) is 4.12. The summed E-state index contributed by atoms with van der Waals surface area (Å²) in [6, 6.07) is 7.46. The molecule has 0 aromatic heterocycles. The van der Waals surface area contributed by atoms with Gasteiger partial charge in [0.1, 0.15) is 12.4 Å². The molecule has 0 heterocycles. The third kappa shape index (κ3) is 3.80. The lowest BCUT2D eigenvalue weighted by molar-refractivity contribution is 0.315. The summed E-state index contributed by atoms with van der Waals surface area (Å²) in [5.41, 5.74) is 6.33. The summed E-state index contributed by atoms with van der Waals surface area (Å²) in [4.78, 5) is 0. The van der Waals surface area contributed by atoms with Crippen LogP contribution < -0.4 is 15.8 Å². The van der Waals surface area contributed by atoms with Gasteiger partial charge < -0.3 is 15.8 Å². The van der Waals surface area contributed by atoms with Crippen LogP contribution in [0.4, 0.5) is 5.69 Å². The van der Waals surface area contributed by atoms with Gasteiger partial charge in [0.15, 0.2) is 0 Å². The average Bonchev–Trinajstić information content (AvgIpc) is 2.13. The maximum atomic E-state index is 5.59. The molecule has 1 rings (SSSR count). The van der Waals surface area contributed by atoms with E-state index in [4.69, 9.17) is 10.5 Å². The van der Waals surface area contributed by atoms with Crippen LogP contribution in [0.1, 0.15) is 6.92 Å². The number of nitrogens with one attached hydrogen (secondary N) is 1. The van der Waals surface area contributed by atoms with E-state index in [0.29, 0.717) is 6.61 Å². The third-order valence-corrected chi connectivity index (χ3v) is 1.66. The standard InChI is InChI=1S/C10H16N2O/c1-2-12-6-7-13-10-5-3-4-9(11)8-10/h3-5,8,12H,2,6-7,11H2,1H3. The Morgan fingerprint density at radius 2 is 2.31 bits per heavy atom. The van der Waals surface area contributed by atoms with E-state index in [-0.39, 0.29) is 0 Å². The van der Waals surface area contributed by atoms with Gasteiger partial charge in [-0.25, -0.2) is 0 Å². The molecule has 13 heavy (non-hydrogen) atoms. The van der Waals surface area contributed by atoms with Crippen molar-refractivity contribution < 1.29 is 4.74 Å². The van der Waals surface area contributed by atoms with Crippen LogP contribution >= 0.6 is 0 Å². The molecule has 0 spiro atoms. The molecule has 1 aromatic carbocycles. The highest BCUT2D eigenvalue weighted by atomic mass is 16.5. The van der Waals surface area contributed by atoms with Gasteiger partial charge in [-0.2, -0.15) is 0 Å². The van der Waals surface area contributed by atoms with E-state index in [9.17, 15) is 0 Å². The van der Waals surface area contributed by atoms with Crippen LogP contribution in [0.25, 0.3) is 0 Å². The smallest absolute Gasteiger partial charge is 0.121 e. The summed E-state index contributed by atoms with van der Waals surface area (Å²) in [6.07, 6.45) is 0. The van der Waals surface area contributed by atoms with E-state index in [0.717, 1.165) is 24.5 Å². The zero-order valence-electron chi connectivity index (χ0n) is 7.92. The second kappa shape index (κ2) is 5.43. The Morgan fingerprint density at radius 3 is 3.00 bits per heavy atom. The number of benzene rings is 1. The quantitative estimate of drug-likeness (QED) is 0.529. The number of hydrogen-bond acceptors (Lipinski definition) is 3. The first kappa shape index (κ1) is 9.86. The molecule has 0 amide bonds. The van der Waals surface area contributed by atoms with Crippen molar-refractivity contribution in [2.24, 2.45) is 0 Å². The molecule has 0 bridgehead atoms. The highest BCUT2D eigenvalue weighted by Crippen LogP contribution is 2.13. The van der Waals surface area contributed by atoms with Crippen LogP contribution in [0.5, 0.6) is 5.75 Å². The van der Waals surface area contributed by atoms with E-state index in [2.05, 4.69) is 12.2 Å². The predicted octanol–water partition coefficient (Wildman–Crippen LogP) is 1.26. The summed E-state index contributed by atoms with van der Waals surface area (Å²) in [5.74, 6) is 0.831. The lowest BCUT2D eigenvalue weighted by atomic mass is 10.3. The van der Waals surface area contributed by atoms with Gasteiger partial charge in [-0.15, -0.1) is 0 Å². The van der Waals surface area contributed by atoms with Crippen molar-refractivity contribution in [2.45, 2.75) is 6.92 Å². The minimum absolute atomic E-state index is 0.678. The Labute approximate surface area is 78.9 Å². The van der Waals surface area contributed by atoms with Crippen molar-refractivity contribution in [3.8, 4) is 5.75 Å². The number of hydrogen-bond donors (Lipinski definition) is 2. The van der Waals surface area contributed by atoms with Crippen LogP contribution in [-0.2, 0) is 0 Å². The van der Waals surface area contributed by atoms with Crippen LogP contribution in [-0.4, -0.2) is 19.7 Å². The molecule has 0 aliphatic carbocycles. The first-order chi connectivity index (χ1) is 6.33. The van der Waals surface area contributed by atoms with Crippen molar-refractivity contribution >= 4 is 5.69 Å². The Bertz CT molecular complexity index is 250. The van der Waals surface area contributed by atoms with Gasteiger partial charge in [0.05, 0.1) is 0 Å². The molecule has 0 unspecified atom stereocenters. The molecular weight excluding hydrogens is 164 g/mol. The molecule has 72 valence electrons. The number of anilines is 1. The predicted molar refractivity (Wildman–Crippen MR) is 54.9 cm³/mol. The Morgan fingerprint density at radius 1 is 1.46 bits per heavy atom. The van der Waals surface area contributed by atoms with Gasteiger partial charge in [-0.3, -0.25) is 0 Å². The number of nitrogens with two attached hydrogens (primary N) is 1. The fourth-order valence-corrected chi connectivity index (χ4v) is 1.02. The van der Waals surface area contributed by atoms with E-state index in [1.54, 1.807) is 0 Å². The summed E-state index contributed by atoms with van der Waals surface area (Å²) in [5, 5.41) is 3.18. The highest BCUT2D eigenvalue weighted by Gasteiger charge is 1.92. The first-order valence-corrected chi connectivity index (χ1v) is 4.52. The SMILES string of the molecule is CCNCCOc1cccc(N)c1. The molecule has 0 fully saturated rings. The summed E-state index contributed by atoms with van der Waals surface area (Å²) in [6.45, 7) is 4.59. The summed E-state index contributed by atoms with van der Waals surface area (Å²) in [7, 11) is 0. The van der Waals surface area contributed by atoms with Gasteiger partial charge in [-0.1, -0.05) is 13.0 Å². The molecule has 0 radical (unpaired) electrons. The van der Waals surface area contributed by atoms with Gasteiger partial charge >= 0.3 is 0 Å².